The SMILES string of the molecule is Cc1cc([N+](=O)[O-])nn1CC(=O)NCCCn1cccn1. The summed E-state index contributed by atoms with van der Waals surface area (Å²) in [7, 11) is 0. The third-order valence-corrected chi connectivity index (χ3v) is 2.89. The van der Waals surface area contributed by atoms with Gasteiger partial charge in [0.1, 0.15) is 6.54 Å². The van der Waals surface area contributed by atoms with Crippen LogP contribution in [0.1, 0.15) is 12.1 Å². The molecule has 0 aliphatic heterocycles. The van der Waals surface area contributed by atoms with Crippen molar-refractivity contribution in [2.75, 3.05) is 6.54 Å². The van der Waals surface area contributed by atoms with Gasteiger partial charge in [0.05, 0.1) is 16.9 Å². The fourth-order valence-electron chi connectivity index (χ4n) is 1.84. The van der Waals surface area contributed by atoms with Gasteiger partial charge >= 0.3 is 5.82 Å². The minimum atomic E-state index is -0.578. The number of nitro groups is 1. The van der Waals surface area contributed by atoms with Gasteiger partial charge in [-0.1, -0.05) is 0 Å². The highest BCUT2D eigenvalue weighted by molar-refractivity contribution is 5.75. The van der Waals surface area contributed by atoms with Gasteiger partial charge in [-0.2, -0.15) is 9.78 Å². The summed E-state index contributed by atoms with van der Waals surface area (Å²) < 4.78 is 3.11. The van der Waals surface area contributed by atoms with Gasteiger partial charge in [-0.05, 0) is 24.3 Å². The fraction of sp³-hybridized carbons (Fsp3) is 0.417. The van der Waals surface area contributed by atoms with E-state index in [4.69, 9.17) is 0 Å². The average Bonchev–Trinajstić information content (AvgIpc) is 3.05. The molecule has 0 radical (unpaired) electrons. The van der Waals surface area contributed by atoms with Crippen LogP contribution in [0.15, 0.2) is 24.5 Å². The number of carbonyl (C=O) groups excluding carboxylic acids is 1. The van der Waals surface area contributed by atoms with E-state index in [0.717, 1.165) is 13.0 Å². The lowest BCUT2D eigenvalue weighted by atomic mass is 10.4. The minimum absolute atomic E-state index is 0.0263. The van der Waals surface area contributed by atoms with Gasteiger partial charge < -0.3 is 15.4 Å². The number of hydrogen-bond acceptors (Lipinski definition) is 5. The van der Waals surface area contributed by atoms with Gasteiger partial charge in [0.15, 0.2) is 0 Å². The second kappa shape index (κ2) is 6.64. The van der Waals surface area contributed by atoms with Crippen LogP contribution in [-0.2, 0) is 17.9 Å². The van der Waals surface area contributed by atoms with Crippen molar-refractivity contribution in [3.63, 3.8) is 0 Å². The van der Waals surface area contributed by atoms with E-state index in [1.54, 1.807) is 17.8 Å². The number of amides is 1. The zero-order chi connectivity index (χ0) is 15.2. The monoisotopic (exact) mass is 292 g/mol. The van der Waals surface area contributed by atoms with E-state index in [0.29, 0.717) is 12.2 Å². The van der Waals surface area contributed by atoms with Crippen molar-refractivity contribution in [2.24, 2.45) is 0 Å². The van der Waals surface area contributed by atoms with Gasteiger partial charge in [0.25, 0.3) is 0 Å². The lowest BCUT2D eigenvalue weighted by Gasteiger charge is -2.05. The average molecular weight is 292 g/mol. The molecular weight excluding hydrogens is 276 g/mol. The third-order valence-electron chi connectivity index (χ3n) is 2.89. The molecular formula is C12H16N6O3. The lowest BCUT2D eigenvalue weighted by Crippen LogP contribution is -2.29. The van der Waals surface area contributed by atoms with E-state index < -0.39 is 4.92 Å². The van der Waals surface area contributed by atoms with E-state index in [1.807, 2.05) is 12.3 Å². The largest absolute Gasteiger partial charge is 0.390 e. The van der Waals surface area contributed by atoms with Crippen molar-refractivity contribution in [1.29, 1.82) is 0 Å². The molecule has 0 bridgehead atoms. The Kier molecular flexibility index (Phi) is 4.64. The second-order valence-electron chi connectivity index (χ2n) is 4.53. The van der Waals surface area contributed by atoms with Crippen molar-refractivity contribution in [2.45, 2.75) is 26.4 Å². The number of nitrogens with one attached hydrogen (secondary N) is 1. The standard InChI is InChI=1S/C12H16N6O3/c1-10-8-11(18(20)21)15-17(10)9-12(19)13-4-2-6-16-7-3-5-14-16/h3,5,7-8H,2,4,6,9H2,1H3,(H,13,19). The molecule has 112 valence electrons. The van der Waals surface area contributed by atoms with Gasteiger partial charge in [0.2, 0.25) is 5.91 Å². The Balaban J connectivity index is 1.75. The van der Waals surface area contributed by atoms with Crippen molar-refractivity contribution < 1.29 is 9.72 Å². The molecule has 0 unspecified atom stereocenters. The number of aromatic nitrogens is 4. The summed E-state index contributed by atoms with van der Waals surface area (Å²) in [4.78, 5) is 21.8. The summed E-state index contributed by atoms with van der Waals surface area (Å²) >= 11 is 0. The maximum Gasteiger partial charge on any atom is 0.390 e. The molecule has 2 aromatic rings. The van der Waals surface area contributed by atoms with Gasteiger partial charge in [-0.25, -0.2) is 0 Å². The highest BCUT2D eigenvalue weighted by Crippen LogP contribution is 2.10. The Hall–Kier alpha value is -2.71. The van der Waals surface area contributed by atoms with Gasteiger partial charge in [0, 0.05) is 25.5 Å². The Morgan fingerprint density at radius 2 is 2.33 bits per heavy atom. The van der Waals surface area contributed by atoms with Crippen molar-refractivity contribution in [3.05, 3.63) is 40.3 Å². The predicted molar refractivity (Wildman–Crippen MR) is 73.5 cm³/mol. The molecule has 0 aliphatic carbocycles. The molecule has 2 rings (SSSR count). The number of hydrogen-bond donors (Lipinski definition) is 1. The van der Waals surface area contributed by atoms with Crippen molar-refractivity contribution in [3.8, 4) is 0 Å². The van der Waals surface area contributed by atoms with E-state index in [9.17, 15) is 14.9 Å². The Morgan fingerprint density at radius 1 is 1.52 bits per heavy atom. The molecule has 0 aliphatic rings. The molecule has 1 amide bonds. The molecule has 21 heavy (non-hydrogen) atoms. The second-order valence-corrected chi connectivity index (χ2v) is 4.53. The quantitative estimate of drug-likeness (QED) is 0.454. The van der Waals surface area contributed by atoms with Crippen molar-refractivity contribution >= 4 is 11.7 Å². The van der Waals surface area contributed by atoms with Crippen LogP contribution in [0.3, 0.4) is 0 Å². The number of aryl methyl sites for hydroxylation is 2. The Bertz CT molecular complexity index is 619. The molecule has 2 aromatic heterocycles. The highest BCUT2D eigenvalue weighted by atomic mass is 16.6. The van der Waals surface area contributed by atoms with Crippen LogP contribution in [-0.4, -0.2) is 36.9 Å². The topological polar surface area (TPSA) is 108 Å². The highest BCUT2D eigenvalue weighted by Gasteiger charge is 2.17. The zero-order valence-corrected chi connectivity index (χ0v) is 11.6. The smallest absolute Gasteiger partial charge is 0.358 e. The number of carbonyl (C=O) groups is 1. The maximum absolute atomic E-state index is 11.7. The summed E-state index contributed by atoms with van der Waals surface area (Å²) in [6.07, 6.45) is 4.31. The number of nitrogens with zero attached hydrogens (tertiary/aromatic N) is 5. The summed E-state index contributed by atoms with van der Waals surface area (Å²) in [5, 5.41) is 21.2. The van der Waals surface area contributed by atoms with E-state index in [2.05, 4.69) is 15.5 Å². The van der Waals surface area contributed by atoms with E-state index in [1.165, 1.54) is 10.7 Å². The minimum Gasteiger partial charge on any atom is -0.358 e. The molecule has 0 fully saturated rings. The third kappa shape index (κ3) is 4.13. The lowest BCUT2D eigenvalue weighted by molar-refractivity contribution is -0.389. The molecule has 1 N–H and O–H groups in total. The molecule has 2 heterocycles. The van der Waals surface area contributed by atoms with Crippen LogP contribution in [0.5, 0.6) is 0 Å². The summed E-state index contributed by atoms with van der Waals surface area (Å²) in [5.41, 5.74) is 0.577. The van der Waals surface area contributed by atoms with Crippen LogP contribution in [0.4, 0.5) is 5.82 Å². The molecule has 0 spiro atoms. The Morgan fingerprint density at radius 3 is 2.95 bits per heavy atom. The number of rotatable bonds is 7. The summed E-state index contributed by atoms with van der Waals surface area (Å²) in [6, 6.07) is 3.18. The summed E-state index contributed by atoms with van der Waals surface area (Å²) in [6.45, 7) is 2.88. The van der Waals surface area contributed by atoms with Crippen LogP contribution < -0.4 is 5.32 Å². The van der Waals surface area contributed by atoms with Crippen LogP contribution in [0, 0.1) is 17.0 Å². The molecule has 0 atom stereocenters. The fourth-order valence-corrected chi connectivity index (χ4v) is 1.84. The first-order valence-electron chi connectivity index (χ1n) is 6.49. The first-order chi connectivity index (χ1) is 10.1. The first-order valence-corrected chi connectivity index (χ1v) is 6.49. The Labute approximate surface area is 120 Å². The van der Waals surface area contributed by atoms with E-state index in [-0.39, 0.29) is 18.3 Å². The van der Waals surface area contributed by atoms with E-state index >= 15 is 0 Å². The molecule has 9 heteroatoms. The van der Waals surface area contributed by atoms with Gasteiger partial charge in [-0.3, -0.25) is 9.48 Å². The molecule has 0 aromatic carbocycles. The van der Waals surface area contributed by atoms with Gasteiger partial charge in [-0.15, -0.1) is 0 Å². The van der Waals surface area contributed by atoms with Crippen LogP contribution >= 0.6 is 0 Å². The predicted octanol–water partition coefficient (Wildman–Crippen LogP) is 0.503. The van der Waals surface area contributed by atoms with Crippen LogP contribution in [0.2, 0.25) is 0 Å². The normalized spacial score (nSPS) is 10.5. The van der Waals surface area contributed by atoms with Crippen LogP contribution in [0.25, 0.3) is 0 Å². The summed E-state index contributed by atoms with van der Waals surface area (Å²) in [5.74, 6) is -0.476. The molecule has 9 nitrogen and oxygen atoms in total. The molecule has 0 saturated carbocycles. The first kappa shape index (κ1) is 14.7. The van der Waals surface area contributed by atoms with Crippen molar-refractivity contribution in [1.82, 2.24) is 24.9 Å². The molecule has 0 saturated heterocycles. The zero-order valence-electron chi connectivity index (χ0n) is 11.6. The maximum atomic E-state index is 11.7.